The van der Waals surface area contributed by atoms with E-state index in [0.29, 0.717) is 21.9 Å². The van der Waals surface area contributed by atoms with E-state index in [1.807, 2.05) is 54.6 Å². The van der Waals surface area contributed by atoms with Crippen LogP contribution in [0.5, 0.6) is 23.1 Å². The first-order valence-corrected chi connectivity index (χ1v) is 9.11. The van der Waals surface area contributed by atoms with Crippen molar-refractivity contribution in [3.05, 3.63) is 89.3 Å². The Hall–Kier alpha value is -3.51. The van der Waals surface area contributed by atoms with Crippen LogP contribution in [0.3, 0.4) is 0 Å². The third-order valence-electron chi connectivity index (χ3n) is 4.44. The second-order valence-corrected chi connectivity index (χ2v) is 6.65. The zero-order valence-electron chi connectivity index (χ0n) is 15.1. The van der Waals surface area contributed by atoms with Gasteiger partial charge in [-0.1, -0.05) is 18.2 Å². The predicted molar refractivity (Wildman–Crippen MR) is 111 cm³/mol. The normalized spacial score (nSPS) is 10.8. The van der Waals surface area contributed by atoms with Gasteiger partial charge in [-0.05, 0) is 79.8 Å². The van der Waals surface area contributed by atoms with Crippen molar-refractivity contribution >= 4 is 12.2 Å². The Balaban J connectivity index is 1.71. The SMILES string of the molecule is Cc1c(O)n(-c2ccc(O)cc2)c(=S)n1-c1ccc(Oc2ccccc2)cc1. The lowest BCUT2D eigenvalue weighted by Crippen LogP contribution is -1.99. The van der Waals surface area contributed by atoms with E-state index in [9.17, 15) is 10.2 Å². The molecule has 140 valence electrons. The minimum absolute atomic E-state index is 0.0558. The molecule has 0 saturated heterocycles. The van der Waals surface area contributed by atoms with Gasteiger partial charge in [-0.25, -0.2) is 0 Å². The zero-order chi connectivity index (χ0) is 19.7. The van der Waals surface area contributed by atoms with Crippen LogP contribution >= 0.6 is 12.2 Å². The molecule has 1 heterocycles. The average molecular weight is 390 g/mol. The number of para-hydroxylation sites is 1. The molecule has 4 rings (SSSR count). The maximum Gasteiger partial charge on any atom is 0.218 e. The highest BCUT2D eigenvalue weighted by molar-refractivity contribution is 7.71. The lowest BCUT2D eigenvalue weighted by atomic mass is 10.3. The number of aromatic hydroxyl groups is 2. The Kier molecular flexibility index (Phi) is 4.63. The van der Waals surface area contributed by atoms with Gasteiger partial charge in [-0.3, -0.25) is 9.13 Å². The fraction of sp³-hybridized carbons (Fsp3) is 0.0455. The molecule has 0 amide bonds. The molecule has 0 aliphatic carbocycles. The van der Waals surface area contributed by atoms with Gasteiger partial charge in [0.1, 0.15) is 17.2 Å². The van der Waals surface area contributed by atoms with Gasteiger partial charge in [0.2, 0.25) is 5.88 Å². The fourth-order valence-electron chi connectivity index (χ4n) is 3.02. The third-order valence-corrected chi connectivity index (χ3v) is 4.80. The zero-order valence-corrected chi connectivity index (χ0v) is 15.9. The molecule has 5 nitrogen and oxygen atoms in total. The number of imidazole rings is 1. The summed E-state index contributed by atoms with van der Waals surface area (Å²) in [5, 5.41) is 20.1. The maximum absolute atomic E-state index is 10.6. The smallest absolute Gasteiger partial charge is 0.218 e. The first kappa shape index (κ1) is 17.9. The summed E-state index contributed by atoms with van der Waals surface area (Å²) in [4.78, 5) is 0. The van der Waals surface area contributed by atoms with Gasteiger partial charge in [-0.15, -0.1) is 0 Å². The molecule has 0 atom stereocenters. The molecule has 6 heteroatoms. The van der Waals surface area contributed by atoms with Crippen molar-refractivity contribution in [1.82, 2.24) is 9.13 Å². The highest BCUT2D eigenvalue weighted by Gasteiger charge is 2.16. The van der Waals surface area contributed by atoms with Crippen LogP contribution in [0.15, 0.2) is 78.9 Å². The summed E-state index contributed by atoms with van der Waals surface area (Å²) in [5.41, 5.74) is 2.11. The number of nitrogens with zero attached hydrogens (tertiary/aromatic N) is 2. The summed E-state index contributed by atoms with van der Waals surface area (Å²) in [6.45, 7) is 1.80. The van der Waals surface area contributed by atoms with Crippen molar-refractivity contribution in [2.75, 3.05) is 0 Å². The van der Waals surface area contributed by atoms with Crippen molar-refractivity contribution in [1.29, 1.82) is 0 Å². The first-order chi connectivity index (χ1) is 13.5. The maximum atomic E-state index is 10.6. The van der Waals surface area contributed by atoms with Crippen LogP contribution < -0.4 is 4.74 Å². The molecular weight excluding hydrogens is 372 g/mol. The summed E-state index contributed by atoms with van der Waals surface area (Å²) in [6.07, 6.45) is 0. The average Bonchev–Trinajstić information content (AvgIpc) is 2.93. The molecular formula is C22H18N2O3S. The summed E-state index contributed by atoms with van der Waals surface area (Å²) < 4.78 is 9.62. The lowest BCUT2D eigenvalue weighted by molar-refractivity contribution is 0.437. The van der Waals surface area contributed by atoms with Gasteiger partial charge in [0.15, 0.2) is 4.77 Å². The van der Waals surface area contributed by atoms with E-state index in [0.717, 1.165) is 11.4 Å². The molecule has 0 spiro atoms. The van der Waals surface area contributed by atoms with E-state index < -0.39 is 0 Å². The van der Waals surface area contributed by atoms with Crippen molar-refractivity contribution in [3.8, 4) is 34.5 Å². The number of aromatic nitrogens is 2. The van der Waals surface area contributed by atoms with Gasteiger partial charge in [0.25, 0.3) is 0 Å². The summed E-state index contributed by atoms with van der Waals surface area (Å²) in [7, 11) is 0. The number of ether oxygens (including phenoxy) is 1. The van der Waals surface area contributed by atoms with Gasteiger partial charge >= 0.3 is 0 Å². The van der Waals surface area contributed by atoms with E-state index in [-0.39, 0.29) is 11.6 Å². The minimum Gasteiger partial charge on any atom is -0.508 e. The number of hydrogen-bond acceptors (Lipinski definition) is 4. The largest absolute Gasteiger partial charge is 0.508 e. The lowest BCUT2D eigenvalue weighted by Gasteiger charge is -2.08. The molecule has 0 fully saturated rings. The van der Waals surface area contributed by atoms with Crippen LogP contribution in [0.25, 0.3) is 11.4 Å². The second kappa shape index (κ2) is 7.25. The van der Waals surface area contributed by atoms with Gasteiger partial charge in [0, 0.05) is 5.69 Å². The molecule has 0 saturated carbocycles. The van der Waals surface area contributed by atoms with Crippen molar-refractivity contribution in [3.63, 3.8) is 0 Å². The monoisotopic (exact) mass is 390 g/mol. The van der Waals surface area contributed by atoms with E-state index in [1.54, 1.807) is 40.3 Å². The summed E-state index contributed by atoms with van der Waals surface area (Å²) >= 11 is 5.61. The quantitative estimate of drug-likeness (QED) is 0.451. The van der Waals surface area contributed by atoms with Crippen molar-refractivity contribution in [2.24, 2.45) is 0 Å². The van der Waals surface area contributed by atoms with Crippen LogP contribution in [0.1, 0.15) is 5.69 Å². The van der Waals surface area contributed by atoms with Gasteiger partial charge in [0.05, 0.1) is 11.4 Å². The first-order valence-electron chi connectivity index (χ1n) is 8.70. The number of phenols is 1. The Labute approximate surface area is 167 Å². The van der Waals surface area contributed by atoms with Crippen LogP contribution in [0.4, 0.5) is 0 Å². The molecule has 0 radical (unpaired) electrons. The Morgan fingerprint density at radius 1 is 0.714 bits per heavy atom. The Morgan fingerprint density at radius 3 is 1.89 bits per heavy atom. The van der Waals surface area contributed by atoms with E-state index in [2.05, 4.69) is 0 Å². The minimum atomic E-state index is 0.0558. The van der Waals surface area contributed by atoms with E-state index in [4.69, 9.17) is 17.0 Å². The Bertz CT molecular complexity index is 1160. The van der Waals surface area contributed by atoms with Crippen molar-refractivity contribution < 1.29 is 14.9 Å². The molecule has 3 aromatic carbocycles. The van der Waals surface area contributed by atoms with E-state index >= 15 is 0 Å². The van der Waals surface area contributed by atoms with Gasteiger partial charge in [-0.2, -0.15) is 0 Å². The summed E-state index contributed by atoms with van der Waals surface area (Å²) in [5.74, 6) is 1.68. The highest BCUT2D eigenvalue weighted by Crippen LogP contribution is 2.29. The molecule has 0 unspecified atom stereocenters. The van der Waals surface area contributed by atoms with Crippen molar-refractivity contribution in [2.45, 2.75) is 6.92 Å². The second-order valence-electron chi connectivity index (χ2n) is 6.29. The highest BCUT2D eigenvalue weighted by atomic mass is 32.1. The topological polar surface area (TPSA) is 59.5 Å². The fourth-order valence-corrected chi connectivity index (χ4v) is 3.46. The molecule has 2 N–H and O–H groups in total. The van der Waals surface area contributed by atoms with Crippen LogP contribution in [-0.2, 0) is 0 Å². The number of hydrogen-bond donors (Lipinski definition) is 2. The standard InChI is InChI=1S/C22H18N2O3S/c1-15-21(26)24(17-7-11-18(25)12-8-17)22(28)23(15)16-9-13-20(14-10-16)27-19-5-3-2-4-6-19/h2-14,25-26H,1H3. The van der Waals surface area contributed by atoms with Gasteiger partial charge < -0.3 is 14.9 Å². The summed E-state index contributed by atoms with van der Waals surface area (Å²) in [6, 6.07) is 23.6. The van der Waals surface area contributed by atoms with Crippen LogP contribution in [0, 0.1) is 11.7 Å². The number of phenolic OH excluding ortho intramolecular Hbond substituents is 1. The predicted octanol–water partition coefficient (Wildman–Crippen LogP) is 5.51. The molecule has 28 heavy (non-hydrogen) atoms. The third kappa shape index (κ3) is 3.25. The molecule has 1 aromatic heterocycles. The molecule has 4 aromatic rings. The van der Waals surface area contributed by atoms with Crippen LogP contribution in [0.2, 0.25) is 0 Å². The molecule has 0 aliphatic rings. The molecule has 0 aliphatic heterocycles. The number of benzene rings is 3. The Morgan fingerprint density at radius 2 is 1.25 bits per heavy atom. The molecule has 0 bridgehead atoms. The van der Waals surface area contributed by atoms with Crippen LogP contribution in [-0.4, -0.2) is 19.3 Å². The number of rotatable bonds is 4. The van der Waals surface area contributed by atoms with E-state index in [1.165, 1.54) is 0 Å².